The molecule has 0 bridgehead atoms. The smallest absolute Gasteiger partial charge is 0.263 e. The number of hydrogen-bond acceptors (Lipinski definition) is 4. The van der Waals surface area contributed by atoms with Crippen molar-refractivity contribution in [2.24, 2.45) is 0 Å². The topological polar surface area (TPSA) is 58.2 Å². The monoisotopic (exact) mass is 316 g/mol. The first-order chi connectivity index (χ1) is 10.1. The van der Waals surface area contributed by atoms with Gasteiger partial charge in [-0.05, 0) is 41.7 Å². The molecule has 1 saturated heterocycles. The van der Waals surface area contributed by atoms with Gasteiger partial charge in [-0.1, -0.05) is 25.1 Å². The molecular formula is C15H12N2O2S2. The third-order valence-corrected chi connectivity index (χ3v) is 4.80. The van der Waals surface area contributed by atoms with E-state index in [2.05, 4.69) is 17.6 Å². The van der Waals surface area contributed by atoms with Crippen molar-refractivity contribution in [1.82, 2.24) is 10.6 Å². The van der Waals surface area contributed by atoms with E-state index >= 15 is 0 Å². The minimum atomic E-state index is -0.457. The SMILES string of the molecule is CCc1sc2ccccc2c1C=C1C(=O)NC(=S)NC1=O. The van der Waals surface area contributed by atoms with Crippen LogP contribution in [0.15, 0.2) is 29.8 Å². The summed E-state index contributed by atoms with van der Waals surface area (Å²) in [6.07, 6.45) is 2.50. The average Bonchev–Trinajstić information content (AvgIpc) is 2.80. The highest BCUT2D eigenvalue weighted by Gasteiger charge is 2.26. The van der Waals surface area contributed by atoms with Crippen molar-refractivity contribution in [2.45, 2.75) is 13.3 Å². The molecule has 3 rings (SSSR count). The second kappa shape index (κ2) is 5.38. The number of carbonyl (C=O) groups is 2. The number of benzene rings is 1. The van der Waals surface area contributed by atoms with Gasteiger partial charge in [-0.15, -0.1) is 11.3 Å². The van der Waals surface area contributed by atoms with E-state index in [0.29, 0.717) is 0 Å². The van der Waals surface area contributed by atoms with E-state index in [-0.39, 0.29) is 10.7 Å². The molecule has 0 atom stereocenters. The van der Waals surface area contributed by atoms with Crippen LogP contribution in [0, 0.1) is 0 Å². The molecule has 1 aliphatic rings. The molecule has 106 valence electrons. The lowest BCUT2D eigenvalue weighted by atomic mass is 10.0. The molecule has 21 heavy (non-hydrogen) atoms. The number of aryl methyl sites for hydroxylation is 1. The van der Waals surface area contributed by atoms with Crippen molar-refractivity contribution in [3.63, 3.8) is 0 Å². The Morgan fingerprint density at radius 2 is 1.86 bits per heavy atom. The molecule has 0 spiro atoms. The van der Waals surface area contributed by atoms with Crippen molar-refractivity contribution >= 4 is 56.6 Å². The molecule has 2 aromatic rings. The zero-order chi connectivity index (χ0) is 15.0. The zero-order valence-corrected chi connectivity index (χ0v) is 12.9. The molecule has 0 aliphatic carbocycles. The zero-order valence-electron chi connectivity index (χ0n) is 11.2. The summed E-state index contributed by atoms with van der Waals surface area (Å²) in [6.45, 7) is 2.06. The second-order valence-corrected chi connectivity index (χ2v) is 6.13. The highest BCUT2D eigenvalue weighted by molar-refractivity contribution is 7.80. The van der Waals surface area contributed by atoms with Crippen molar-refractivity contribution in [2.75, 3.05) is 0 Å². The van der Waals surface area contributed by atoms with Gasteiger partial charge in [-0.25, -0.2) is 0 Å². The Morgan fingerprint density at radius 1 is 1.19 bits per heavy atom. The summed E-state index contributed by atoms with van der Waals surface area (Å²) in [5, 5.41) is 6.01. The van der Waals surface area contributed by atoms with Gasteiger partial charge in [0.15, 0.2) is 5.11 Å². The fourth-order valence-electron chi connectivity index (χ4n) is 2.29. The lowest BCUT2D eigenvalue weighted by Gasteiger charge is -2.16. The van der Waals surface area contributed by atoms with Gasteiger partial charge in [0.05, 0.1) is 0 Å². The number of thiocarbonyl (C=S) groups is 1. The van der Waals surface area contributed by atoms with Crippen molar-refractivity contribution in [1.29, 1.82) is 0 Å². The Morgan fingerprint density at radius 3 is 2.52 bits per heavy atom. The van der Waals surface area contributed by atoms with Crippen LogP contribution in [0.5, 0.6) is 0 Å². The first kappa shape index (κ1) is 13.9. The minimum absolute atomic E-state index is 0.0491. The summed E-state index contributed by atoms with van der Waals surface area (Å²) >= 11 is 6.48. The Labute approximate surface area is 130 Å². The summed E-state index contributed by atoms with van der Waals surface area (Å²) in [4.78, 5) is 25.1. The van der Waals surface area contributed by atoms with Gasteiger partial charge in [0.2, 0.25) is 0 Å². The van der Waals surface area contributed by atoms with E-state index in [1.54, 1.807) is 17.4 Å². The Kier molecular flexibility index (Phi) is 3.57. The first-order valence-electron chi connectivity index (χ1n) is 6.49. The summed E-state index contributed by atoms with van der Waals surface area (Å²) in [6, 6.07) is 7.97. The van der Waals surface area contributed by atoms with Crippen LogP contribution in [0.1, 0.15) is 17.4 Å². The van der Waals surface area contributed by atoms with Gasteiger partial charge in [0.25, 0.3) is 11.8 Å². The Hall–Kier alpha value is -2.05. The maximum absolute atomic E-state index is 12.0. The van der Waals surface area contributed by atoms with Gasteiger partial charge in [-0.3, -0.25) is 20.2 Å². The van der Waals surface area contributed by atoms with E-state index < -0.39 is 11.8 Å². The fourth-order valence-corrected chi connectivity index (χ4v) is 3.60. The molecule has 1 aromatic heterocycles. The van der Waals surface area contributed by atoms with Crippen LogP contribution in [-0.4, -0.2) is 16.9 Å². The number of rotatable bonds is 2. The molecule has 0 radical (unpaired) electrons. The molecule has 4 nitrogen and oxygen atoms in total. The molecule has 2 amide bonds. The molecule has 0 saturated carbocycles. The van der Waals surface area contributed by atoms with Crippen molar-refractivity contribution in [3.05, 3.63) is 40.3 Å². The predicted octanol–water partition coefficient (Wildman–Crippen LogP) is 2.38. The van der Waals surface area contributed by atoms with Gasteiger partial charge < -0.3 is 0 Å². The minimum Gasteiger partial charge on any atom is -0.299 e. The first-order valence-corrected chi connectivity index (χ1v) is 7.71. The predicted molar refractivity (Wildman–Crippen MR) is 88.1 cm³/mol. The molecule has 1 aliphatic heterocycles. The lowest BCUT2D eigenvalue weighted by molar-refractivity contribution is -0.123. The third kappa shape index (κ3) is 2.48. The molecular weight excluding hydrogens is 304 g/mol. The quantitative estimate of drug-likeness (QED) is 0.508. The fraction of sp³-hybridized carbons (Fsp3) is 0.133. The van der Waals surface area contributed by atoms with Crippen LogP contribution < -0.4 is 10.6 Å². The third-order valence-electron chi connectivity index (χ3n) is 3.26. The molecule has 2 heterocycles. The molecule has 2 N–H and O–H groups in total. The van der Waals surface area contributed by atoms with Crippen LogP contribution in [0.2, 0.25) is 0 Å². The van der Waals surface area contributed by atoms with Crippen LogP contribution >= 0.6 is 23.6 Å². The largest absolute Gasteiger partial charge is 0.299 e. The summed E-state index contributed by atoms with van der Waals surface area (Å²) in [7, 11) is 0. The second-order valence-electron chi connectivity index (χ2n) is 4.58. The lowest BCUT2D eigenvalue weighted by Crippen LogP contribution is -2.51. The highest BCUT2D eigenvalue weighted by atomic mass is 32.1. The number of fused-ring (bicyclic) bond motifs is 1. The van der Waals surface area contributed by atoms with Gasteiger partial charge in [0.1, 0.15) is 5.57 Å². The maximum Gasteiger partial charge on any atom is 0.263 e. The number of carbonyl (C=O) groups excluding carboxylic acids is 2. The number of nitrogens with one attached hydrogen (secondary N) is 2. The van der Waals surface area contributed by atoms with Crippen LogP contribution in [0.25, 0.3) is 16.2 Å². The van der Waals surface area contributed by atoms with Gasteiger partial charge >= 0.3 is 0 Å². The normalized spacial score (nSPS) is 15.1. The van der Waals surface area contributed by atoms with E-state index in [4.69, 9.17) is 12.2 Å². The van der Waals surface area contributed by atoms with E-state index in [9.17, 15) is 9.59 Å². The van der Waals surface area contributed by atoms with Crippen LogP contribution in [0.3, 0.4) is 0 Å². The molecule has 1 fully saturated rings. The van der Waals surface area contributed by atoms with Gasteiger partial charge in [0, 0.05) is 9.58 Å². The van der Waals surface area contributed by atoms with E-state index in [0.717, 1.165) is 26.9 Å². The summed E-state index contributed by atoms with van der Waals surface area (Å²) in [5.41, 5.74) is 1.02. The molecule has 6 heteroatoms. The average molecular weight is 316 g/mol. The van der Waals surface area contributed by atoms with E-state index in [1.807, 2.05) is 24.3 Å². The highest BCUT2D eigenvalue weighted by Crippen LogP contribution is 2.33. The Balaban J connectivity index is 2.16. The van der Waals surface area contributed by atoms with E-state index in [1.165, 1.54) is 0 Å². The summed E-state index contributed by atoms with van der Waals surface area (Å²) in [5.74, 6) is -0.915. The van der Waals surface area contributed by atoms with Crippen LogP contribution in [-0.2, 0) is 16.0 Å². The number of hydrogen-bond donors (Lipinski definition) is 2. The molecule has 0 unspecified atom stereocenters. The molecule has 1 aromatic carbocycles. The maximum atomic E-state index is 12.0. The summed E-state index contributed by atoms with van der Waals surface area (Å²) < 4.78 is 1.15. The Bertz CT molecular complexity index is 783. The van der Waals surface area contributed by atoms with Crippen molar-refractivity contribution < 1.29 is 9.59 Å². The van der Waals surface area contributed by atoms with Crippen molar-refractivity contribution in [3.8, 4) is 0 Å². The number of thiophene rings is 1. The van der Waals surface area contributed by atoms with Crippen LogP contribution in [0.4, 0.5) is 0 Å². The number of amides is 2. The standard InChI is InChI=1S/C15H12N2O2S2/c1-2-11-9(8-5-3-4-6-12(8)21-11)7-10-13(18)16-15(20)17-14(10)19/h3-7H,2H2,1H3,(H2,16,17,18,19,20). The van der Waals surface area contributed by atoms with Gasteiger partial charge in [-0.2, -0.15) is 0 Å².